The number of nitrogens with zero attached hydrogens (tertiary/aromatic N) is 1. The molecule has 1 aliphatic heterocycles. The normalized spacial score (nSPS) is 22.6. The van der Waals surface area contributed by atoms with Crippen molar-refractivity contribution in [2.24, 2.45) is 0 Å². The number of aliphatic hydroxyl groups is 1. The summed E-state index contributed by atoms with van der Waals surface area (Å²) in [7, 11) is 0. The molecule has 1 heterocycles. The molecule has 0 saturated carbocycles. The van der Waals surface area contributed by atoms with E-state index in [1.165, 1.54) is 0 Å². The number of hydrogen-bond donors (Lipinski definition) is 2. The molecular weight excluding hydrogens is 192 g/mol. The molecule has 1 fully saturated rings. The van der Waals surface area contributed by atoms with Gasteiger partial charge in [0, 0.05) is 25.7 Å². The fraction of sp³-hybridized carbons (Fsp3) is 1.00. The molecule has 4 nitrogen and oxygen atoms in total. The summed E-state index contributed by atoms with van der Waals surface area (Å²) in [6, 6.07) is 0.488. The van der Waals surface area contributed by atoms with E-state index in [2.05, 4.69) is 17.1 Å². The molecule has 0 radical (unpaired) electrons. The van der Waals surface area contributed by atoms with Crippen molar-refractivity contribution in [3.8, 4) is 0 Å². The van der Waals surface area contributed by atoms with Crippen LogP contribution >= 0.6 is 0 Å². The highest BCUT2D eigenvalue weighted by molar-refractivity contribution is 4.70. The molecule has 0 bridgehead atoms. The first-order valence-corrected chi connectivity index (χ1v) is 5.90. The van der Waals surface area contributed by atoms with E-state index >= 15 is 0 Å². The number of aliphatic hydroxyl groups excluding tert-OH is 1. The van der Waals surface area contributed by atoms with Crippen LogP contribution in [0.25, 0.3) is 0 Å². The van der Waals surface area contributed by atoms with E-state index in [1.54, 1.807) is 0 Å². The lowest BCUT2D eigenvalue weighted by molar-refractivity contribution is 0.0342. The zero-order valence-electron chi connectivity index (χ0n) is 9.91. The maximum absolute atomic E-state index is 9.12. The molecule has 0 aromatic rings. The third-order valence-corrected chi connectivity index (χ3v) is 2.69. The Hall–Kier alpha value is -0.160. The summed E-state index contributed by atoms with van der Waals surface area (Å²) >= 11 is 0. The molecule has 0 amide bonds. The summed E-state index contributed by atoms with van der Waals surface area (Å²) < 4.78 is 5.30. The van der Waals surface area contributed by atoms with Crippen molar-refractivity contribution in [3.63, 3.8) is 0 Å². The molecule has 2 atom stereocenters. The highest BCUT2D eigenvalue weighted by Gasteiger charge is 2.13. The maximum Gasteiger partial charge on any atom is 0.0594 e. The molecule has 1 rings (SSSR count). The van der Waals surface area contributed by atoms with Gasteiger partial charge in [0.15, 0.2) is 0 Å². The van der Waals surface area contributed by atoms with Gasteiger partial charge in [0.2, 0.25) is 0 Å². The third-order valence-electron chi connectivity index (χ3n) is 2.69. The van der Waals surface area contributed by atoms with Crippen molar-refractivity contribution in [1.82, 2.24) is 10.2 Å². The van der Waals surface area contributed by atoms with Crippen LogP contribution in [0.2, 0.25) is 0 Å². The van der Waals surface area contributed by atoms with Crippen LogP contribution < -0.4 is 5.32 Å². The Labute approximate surface area is 92.6 Å². The third kappa shape index (κ3) is 6.10. The quantitative estimate of drug-likeness (QED) is 0.659. The zero-order valence-corrected chi connectivity index (χ0v) is 9.91. The molecule has 2 unspecified atom stereocenters. The number of ether oxygens (including phenoxy) is 1. The summed E-state index contributed by atoms with van der Waals surface area (Å²) in [6.45, 7) is 9.80. The van der Waals surface area contributed by atoms with Gasteiger partial charge in [-0.15, -0.1) is 0 Å². The first-order valence-electron chi connectivity index (χ1n) is 5.90. The predicted molar refractivity (Wildman–Crippen MR) is 61.0 cm³/mol. The average molecular weight is 216 g/mol. The van der Waals surface area contributed by atoms with Crippen molar-refractivity contribution in [3.05, 3.63) is 0 Å². The van der Waals surface area contributed by atoms with Crippen LogP contribution in [0.1, 0.15) is 20.3 Å². The first-order chi connectivity index (χ1) is 7.18. The van der Waals surface area contributed by atoms with Crippen LogP contribution in [-0.2, 0) is 4.74 Å². The fourth-order valence-corrected chi connectivity index (χ4v) is 1.77. The predicted octanol–water partition coefficient (Wildman–Crippen LogP) is 0.0676. The van der Waals surface area contributed by atoms with Crippen molar-refractivity contribution in [1.29, 1.82) is 0 Å². The highest BCUT2D eigenvalue weighted by atomic mass is 16.5. The van der Waals surface area contributed by atoms with Crippen LogP contribution in [0.4, 0.5) is 0 Å². The zero-order chi connectivity index (χ0) is 11.1. The fourth-order valence-electron chi connectivity index (χ4n) is 1.77. The van der Waals surface area contributed by atoms with Crippen LogP contribution in [-0.4, -0.2) is 61.5 Å². The van der Waals surface area contributed by atoms with Gasteiger partial charge >= 0.3 is 0 Å². The van der Waals surface area contributed by atoms with Crippen LogP contribution in [0.15, 0.2) is 0 Å². The summed E-state index contributed by atoms with van der Waals surface area (Å²) in [5.74, 6) is 0. The van der Waals surface area contributed by atoms with Gasteiger partial charge in [0.1, 0.15) is 0 Å². The van der Waals surface area contributed by atoms with E-state index in [-0.39, 0.29) is 6.10 Å². The Kier molecular flexibility index (Phi) is 6.17. The Morgan fingerprint density at radius 1 is 1.33 bits per heavy atom. The van der Waals surface area contributed by atoms with Crippen molar-refractivity contribution < 1.29 is 9.84 Å². The molecule has 2 N–H and O–H groups in total. The lowest BCUT2D eigenvalue weighted by Crippen LogP contribution is -2.44. The van der Waals surface area contributed by atoms with Gasteiger partial charge < -0.3 is 15.2 Å². The topological polar surface area (TPSA) is 44.7 Å². The van der Waals surface area contributed by atoms with Crippen molar-refractivity contribution >= 4 is 0 Å². The number of rotatable bonds is 6. The smallest absolute Gasteiger partial charge is 0.0594 e. The van der Waals surface area contributed by atoms with Gasteiger partial charge in [0.05, 0.1) is 19.3 Å². The van der Waals surface area contributed by atoms with E-state index in [4.69, 9.17) is 9.84 Å². The molecular formula is C11H24N2O2. The molecule has 4 heteroatoms. The lowest BCUT2D eigenvalue weighted by atomic mass is 10.2. The van der Waals surface area contributed by atoms with E-state index in [1.807, 2.05) is 6.92 Å². The minimum absolute atomic E-state index is 0.201. The first kappa shape index (κ1) is 12.9. The molecule has 0 aromatic heterocycles. The van der Waals surface area contributed by atoms with Gasteiger partial charge in [-0.25, -0.2) is 0 Å². The van der Waals surface area contributed by atoms with Gasteiger partial charge in [0.25, 0.3) is 0 Å². The Balaban J connectivity index is 2.03. The largest absolute Gasteiger partial charge is 0.393 e. The second kappa shape index (κ2) is 7.17. The lowest BCUT2D eigenvalue weighted by Gasteiger charge is -2.29. The van der Waals surface area contributed by atoms with Crippen LogP contribution in [0.5, 0.6) is 0 Å². The van der Waals surface area contributed by atoms with Gasteiger partial charge in [-0.3, -0.25) is 4.90 Å². The number of hydrogen-bond acceptors (Lipinski definition) is 4. The van der Waals surface area contributed by atoms with Gasteiger partial charge in [-0.1, -0.05) is 0 Å². The monoisotopic (exact) mass is 216 g/mol. The van der Waals surface area contributed by atoms with Crippen LogP contribution in [0.3, 0.4) is 0 Å². The standard InChI is InChI=1S/C11H24N2O2/c1-10(12-4-3-11(2)14)9-13-5-7-15-8-6-13/h10-12,14H,3-9H2,1-2H3. The maximum atomic E-state index is 9.12. The van der Waals surface area contributed by atoms with E-state index in [0.29, 0.717) is 6.04 Å². The SMILES string of the molecule is CC(O)CCNC(C)CN1CCOCC1. The number of nitrogens with one attached hydrogen (secondary N) is 1. The minimum atomic E-state index is -0.201. The Morgan fingerprint density at radius 2 is 2.00 bits per heavy atom. The summed E-state index contributed by atoms with van der Waals surface area (Å²) in [6.07, 6.45) is 0.626. The van der Waals surface area contributed by atoms with Gasteiger partial charge in [-0.05, 0) is 26.8 Å². The summed E-state index contributed by atoms with van der Waals surface area (Å²) in [4.78, 5) is 2.42. The molecule has 0 spiro atoms. The van der Waals surface area contributed by atoms with E-state index in [9.17, 15) is 0 Å². The van der Waals surface area contributed by atoms with Crippen molar-refractivity contribution in [2.75, 3.05) is 39.4 Å². The Morgan fingerprint density at radius 3 is 2.60 bits per heavy atom. The molecule has 90 valence electrons. The van der Waals surface area contributed by atoms with E-state index in [0.717, 1.165) is 45.8 Å². The Bertz CT molecular complexity index is 159. The second-order valence-electron chi connectivity index (χ2n) is 4.41. The molecule has 15 heavy (non-hydrogen) atoms. The molecule has 1 aliphatic rings. The molecule has 0 aromatic carbocycles. The average Bonchev–Trinajstić information content (AvgIpc) is 2.18. The highest BCUT2D eigenvalue weighted by Crippen LogP contribution is 1.98. The van der Waals surface area contributed by atoms with Gasteiger partial charge in [-0.2, -0.15) is 0 Å². The van der Waals surface area contributed by atoms with E-state index < -0.39 is 0 Å². The number of morpholine rings is 1. The minimum Gasteiger partial charge on any atom is -0.393 e. The molecule has 1 saturated heterocycles. The molecule has 0 aliphatic carbocycles. The van der Waals surface area contributed by atoms with Crippen LogP contribution in [0, 0.1) is 0 Å². The summed E-state index contributed by atoms with van der Waals surface area (Å²) in [5, 5.41) is 12.5. The summed E-state index contributed by atoms with van der Waals surface area (Å²) in [5.41, 5.74) is 0. The van der Waals surface area contributed by atoms with Crippen molar-refractivity contribution in [2.45, 2.75) is 32.4 Å². The second-order valence-corrected chi connectivity index (χ2v) is 4.41.